The van der Waals surface area contributed by atoms with Crippen LogP contribution in [0.25, 0.3) is 0 Å². The molecular weight excluding hydrogens is 398 g/mol. The third-order valence-corrected chi connectivity index (χ3v) is 6.92. The molecule has 2 unspecified atom stereocenters. The zero-order valence-corrected chi connectivity index (χ0v) is 17.0. The second-order valence-corrected chi connectivity index (χ2v) is 9.52. The highest BCUT2D eigenvalue weighted by Crippen LogP contribution is 2.16. The number of nitrogens with one attached hydrogen (secondary N) is 2. The smallest absolute Gasteiger partial charge is 0.324 e. The Morgan fingerprint density at radius 1 is 1.28 bits per heavy atom. The molecule has 0 aliphatic carbocycles. The van der Waals surface area contributed by atoms with Crippen LogP contribution in [0.2, 0.25) is 0 Å². The summed E-state index contributed by atoms with van der Waals surface area (Å²) < 4.78 is 28.0. The summed E-state index contributed by atoms with van der Waals surface area (Å²) >= 11 is 0. The van der Waals surface area contributed by atoms with Crippen LogP contribution in [0.1, 0.15) is 24.8 Å². The van der Waals surface area contributed by atoms with Crippen LogP contribution >= 0.6 is 0 Å². The average Bonchev–Trinajstić information content (AvgIpc) is 3.16. The first kappa shape index (κ1) is 21.1. The third kappa shape index (κ3) is 5.47. The molecular formula is C19H25N3O6S. The minimum Gasteiger partial charge on any atom is -0.497 e. The van der Waals surface area contributed by atoms with Crippen LogP contribution in [0.4, 0.5) is 4.79 Å². The van der Waals surface area contributed by atoms with E-state index in [0.29, 0.717) is 12.8 Å². The molecule has 0 bridgehead atoms. The molecule has 29 heavy (non-hydrogen) atoms. The number of hydrogen-bond donors (Lipinski definition) is 2. The molecule has 3 rings (SSSR count). The van der Waals surface area contributed by atoms with Gasteiger partial charge in [-0.1, -0.05) is 12.1 Å². The van der Waals surface area contributed by atoms with Crippen molar-refractivity contribution < 1.29 is 27.5 Å². The van der Waals surface area contributed by atoms with Crippen molar-refractivity contribution in [1.29, 1.82) is 0 Å². The Kier molecular flexibility index (Phi) is 6.41. The number of hydrogen-bond acceptors (Lipinski definition) is 6. The summed E-state index contributed by atoms with van der Waals surface area (Å²) in [5, 5.41) is 5.30. The van der Waals surface area contributed by atoms with Gasteiger partial charge in [0.05, 0.1) is 18.6 Å². The van der Waals surface area contributed by atoms with Crippen LogP contribution in [0.15, 0.2) is 24.3 Å². The fraction of sp³-hybridized carbons (Fsp3) is 0.526. The molecule has 4 amide bonds. The van der Waals surface area contributed by atoms with E-state index >= 15 is 0 Å². The number of benzene rings is 1. The minimum atomic E-state index is -3.07. The van der Waals surface area contributed by atoms with Gasteiger partial charge in [-0.3, -0.25) is 14.5 Å². The van der Waals surface area contributed by atoms with Crippen molar-refractivity contribution in [3.05, 3.63) is 29.8 Å². The van der Waals surface area contributed by atoms with Crippen LogP contribution < -0.4 is 15.4 Å². The van der Waals surface area contributed by atoms with Crippen molar-refractivity contribution in [2.45, 2.75) is 37.8 Å². The molecule has 0 saturated carbocycles. The Bertz CT molecular complexity index is 884. The summed E-state index contributed by atoms with van der Waals surface area (Å²) in [6.45, 7) is 0.250. The van der Waals surface area contributed by atoms with Crippen LogP contribution in [-0.4, -0.2) is 68.4 Å². The van der Waals surface area contributed by atoms with Crippen LogP contribution in [0.5, 0.6) is 5.75 Å². The average molecular weight is 423 g/mol. The predicted molar refractivity (Wildman–Crippen MR) is 105 cm³/mol. The van der Waals surface area contributed by atoms with E-state index in [0.717, 1.165) is 16.2 Å². The lowest BCUT2D eigenvalue weighted by Crippen LogP contribution is -2.37. The molecule has 2 atom stereocenters. The van der Waals surface area contributed by atoms with Crippen molar-refractivity contribution >= 4 is 27.7 Å². The van der Waals surface area contributed by atoms with Crippen LogP contribution in [0.3, 0.4) is 0 Å². The van der Waals surface area contributed by atoms with Gasteiger partial charge in [0.2, 0.25) is 5.91 Å². The molecule has 0 radical (unpaired) electrons. The molecule has 1 aromatic rings. The number of carbonyl (C=O) groups excluding carboxylic acids is 3. The Morgan fingerprint density at radius 2 is 2.00 bits per heavy atom. The Hall–Kier alpha value is -2.62. The summed E-state index contributed by atoms with van der Waals surface area (Å²) in [6, 6.07) is 5.82. The first-order valence-electron chi connectivity index (χ1n) is 9.52. The quantitative estimate of drug-likeness (QED) is 0.578. The maximum Gasteiger partial charge on any atom is 0.324 e. The molecule has 2 aliphatic rings. The first-order chi connectivity index (χ1) is 13.8. The van der Waals surface area contributed by atoms with E-state index in [9.17, 15) is 22.8 Å². The molecule has 2 fully saturated rings. The van der Waals surface area contributed by atoms with Crippen molar-refractivity contribution in [1.82, 2.24) is 15.5 Å². The topological polar surface area (TPSA) is 122 Å². The maximum atomic E-state index is 12.5. The number of nitrogens with zero attached hydrogens (tertiary/aromatic N) is 1. The number of carbonyl (C=O) groups is 3. The highest BCUT2D eigenvalue weighted by molar-refractivity contribution is 7.91. The van der Waals surface area contributed by atoms with Gasteiger partial charge in [0, 0.05) is 19.0 Å². The molecule has 10 heteroatoms. The lowest BCUT2D eigenvalue weighted by Gasteiger charge is -2.14. The SMILES string of the molecule is COc1ccc(CCN2C(=O)NC(CCC(=O)NC3CCS(=O)(=O)C3)C2=O)cc1. The van der Waals surface area contributed by atoms with E-state index in [2.05, 4.69) is 10.6 Å². The highest BCUT2D eigenvalue weighted by Gasteiger charge is 2.37. The molecule has 0 spiro atoms. The number of sulfone groups is 1. The number of amides is 4. The molecule has 2 heterocycles. The van der Waals surface area contributed by atoms with Gasteiger partial charge in [0.1, 0.15) is 11.8 Å². The van der Waals surface area contributed by atoms with Crippen molar-refractivity contribution in [2.24, 2.45) is 0 Å². The molecule has 0 aromatic heterocycles. The largest absolute Gasteiger partial charge is 0.497 e. The lowest BCUT2D eigenvalue weighted by molar-refractivity contribution is -0.127. The summed E-state index contributed by atoms with van der Waals surface area (Å²) in [4.78, 5) is 37.8. The van der Waals surface area contributed by atoms with E-state index in [1.54, 1.807) is 7.11 Å². The Morgan fingerprint density at radius 3 is 2.62 bits per heavy atom. The number of ether oxygens (including phenoxy) is 1. The van der Waals surface area contributed by atoms with Gasteiger partial charge in [-0.15, -0.1) is 0 Å². The van der Waals surface area contributed by atoms with Gasteiger partial charge >= 0.3 is 6.03 Å². The molecule has 2 aliphatic heterocycles. The van der Waals surface area contributed by atoms with Gasteiger partial charge in [0.15, 0.2) is 9.84 Å². The standard InChI is InChI=1S/C19H25N3O6S/c1-28-15-4-2-13(3-5-15)8-10-22-18(24)16(21-19(22)25)6-7-17(23)20-14-9-11-29(26,27)12-14/h2-5,14,16H,6-12H2,1H3,(H,20,23)(H,21,25). The van der Waals surface area contributed by atoms with Gasteiger partial charge < -0.3 is 15.4 Å². The second kappa shape index (κ2) is 8.81. The Balaban J connectivity index is 1.45. The normalized spacial score (nSPS) is 23.1. The Labute approximate surface area is 169 Å². The van der Waals surface area contributed by atoms with Crippen molar-refractivity contribution in [2.75, 3.05) is 25.2 Å². The number of methoxy groups -OCH3 is 1. The van der Waals surface area contributed by atoms with Crippen molar-refractivity contribution in [3.63, 3.8) is 0 Å². The van der Waals surface area contributed by atoms with Gasteiger partial charge in [-0.2, -0.15) is 0 Å². The fourth-order valence-corrected chi connectivity index (χ4v) is 5.17. The van der Waals surface area contributed by atoms with Crippen LogP contribution in [-0.2, 0) is 25.8 Å². The fourth-order valence-electron chi connectivity index (χ4n) is 3.50. The highest BCUT2D eigenvalue weighted by atomic mass is 32.2. The first-order valence-corrected chi connectivity index (χ1v) is 11.3. The monoisotopic (exact) mass is 423 g/mol. The maximum absolute atomic E-state index is 12.5. The second-order valence-electron chi connectivity index (χ2n) is 7.30. The van der Waals surface area contributed by atoms with Gasteiger partial charge in [-0.05, 0) is 37.0 Å². The molecule has 2 saturated heterocycles. The van der Waals surface area contributed by atoms with Crippen molar-refractivity contribution in [3.8, 4) is 5.75 Å². The van der Waals surface area contributed by atoms with E-state index < -0.39 is 21.9 Å². The summed E-state index contributed by atoms with van der Waals surface area (Å²) in [7, 11) is -1.49. The lowest BCUT2D eigenvalue weighted by atomic mass is 10.1. The molecule has 158 valence electrons. The predicted octanol–water partition coefficient (Wildman–Crippen LogP) is 0.242. The van der Waals surface area contributed by atoms with E-state index in [1.165, 1.54) is 0 Å². The summed E-state index contributed by atoms with van der Waals surface area (Å²) in [6.07, 6.45) is 1.15. The van der Waals surface area contributed by atoms with Crippen LogP contribution in [0, 0.1) is 0 Å². The zero-order valence-electron chi connectivity index (χ0n) is 16.2. The van der Waals surface area contributed by atoms with Gasteiger partial charge in [0.25, 0.3) is 5.91 Å². The summed E-state index contributed by atoms with van der Waals surface area (Å²) in [5.74, 6) is 0.109. The molecule has 1 aromatic carbocycles. The number of rotatable bonds is 8. The van der Waals surface area contributed by atoms with E-state index in [-0.39, 0.29) is 48.7 Å². The van der Waals surface area contributed by atoms with E-state index in [1.807, 2.05) is 24.3 Å². The van der Waals surface area contributed by atoms with E-state index in [4.69, 9.17) is 4.74 Å². The minimum absolute atomic E-state index is 0.0412. The molecule has 2 N–H and O–H groups in total. The molecule has 9 nitrogen and oxygen atoms in total. The number of urea groups is 1. The third-order valence-electron chi connectivity index (χ3n) is 5.15. The zero-order chi connectivity index (χ0) is 21.0. The van der Waals surface area contributed by atoms with Gasteiger partial charge in [-0.25, -0.2) is 13.2 Å². The summed E-state index contributed by atoms with van der Waals surface area (Å²) in [5.41, 5.74) is 0.973. The number of imide groups is 1.